The first-order valence-corrected chi connectivity index (χ1v) is 6.42. The van der Waals surface area contributed by atoms with Gasteiger partial charge in [-0.2, -0.15) is 0 Å². The largest absolute Gasteiger partial charge is 0.378 e. The molecule has 0 radical (unpaired) electrons. The van der Waals surface area contributed by atoms with Crippen LogP contribution in [0.4, 0.5) is 5.82 Å². The molecule has 102 valence electrons. The molecule has 0 atom stereocenters. The van der Waals surface area contributed by atoms with E-state index >= 15 is 0 Å². The van der Waals surface area contributed by atoms with Crippen LogP contribution in [0.5, 0.6) is 0 Å². The highest BCUT2D eigenvalue weighted by molar-refractivity contribution is 5.35. The lowest BCUT2D eigenvalue weighted by molar-refractivity contribution is 0.126. The highest BCUT2D eigenvalue weighted by Gasteiger charge is 1.99. The molecule has 0 bridgehead atoms. The standard InChI is InChI=1S/C13H24N4O/c1-5-12-10-13(16-11(2)15-12)14-6-8-18-9-7-17(3)4/h10H,5-9H2,1-4H3,(H,14,15,16). The lowest BCUT2D eigenvalue weighted by Gasteiger charge is -2.11. The van der Waals surface area contributed by atoms with Gasteiger partial charge in [0.2, 0.25) is 0 Å². The first-order valence-electron chi connectivity index (χ1n) is 6.42. The van der Waals surface area contributed by atoms with Crippen LogP contribution in [-0.4, -0.2) is 55.3 Å². The van der Waals surface area contributed by atoms with Crippen LogP contribution in [-0.2, 0) is 11.2 Å². The van der Waals surface area contributed by atoms with Crippen LogP contribution < -0.4 is 5.32 Å². The average Bonchev–Trinajstić information content (AvgIpc) is 2.32. The molecule has 0 saturated carbocycles. The number of hydrogen-bond acceptors (Lipinski definition) is 5. The number of aryl methyl sites for hydroxylation is 2. The van der Waals surface area contributed by atoms with Gasteiger partial charge in [-0.15, -0.1) is 0 Å². The van der Waals surface area contributed by atoms with Crippen LogP contribution >= 0.6 is 0 Å². The second-order valence-corrected chi connectivity index (χ2v) is 4.49. The van der Waals surface area contributed by atoms with E-state index in [1.165, 1.54) is 0 Å². The number of aromatic nitrogens is 2. The van der Waals surface area contributed by atoms with E-state index in [1.54, 1.807) is 0 Å². The quantitative estimate of drug-likeness (QED) is 0.708. The summed E-state index contributed by atoms with van der Waals surface area (Å²) in [7, 11) is 4.08. The fourth-order valence-corrected chi connectivity index (χ4v) is 1.50. The Balaban J connectivity index is 2.24. The minimum Gasteiger partial charge on any atom is -0.378 e. The van der Waals surface area contributed by atoms with E-state index < -0.39 is 0 Å². The van der Waals surface area contributed by atoms with Crippen molar-refractivity contribution in [1.29, 1.82) is 0 Å². The van der Waals surface area contributed by atoms with E-state index in [0.29, 0.717) is 6.61 Å². The summed E-state index contributed by atoms with van der Waals surface area (Å²) < 4.78 is 5.51. The molecule has 0 unspecified atom stereocenters. The molecule has 1 N–H and O–H groups in total. The van der Waals surface area contributed by atoms with Crippen molar-refractivity contribution in [2.24, 2.45) is 0 Å². The smallest absolute Gasteiger partial charge is 0.130 e. The van der Waals surface area contributed by atoms with E-state index in [1.807, 2.05) is 27.1 Å². The molecule has 0 saturated heterocycles. The van der Waals surface area contributed by atoms with Crippen LogP contribution in [0.2, 0.25) is 0 Å². The van der Waals surface area contributed by atoms with Crippen molar-refractivity contribution in [1.82, 2.24) is 14.9 Å². The molecule has 0 aliphatic carbocycles. The van der Waals surface area contributed by atoms with Crippen LogP contribution in [0.3, 0.4) is 0 Å². The van der Waals surface area contributed by atoms with Gasteiger partial charge in [0, 0.05) is 24.8 Å². The zero-order chi connectivity index (χ0) is 13.4. The summed E-state index contributed by atoms with van der Waals surface area (Å²) in [6.07, 6.45) is 0.928. The highest BCUT2D eigenvalue weighted by atomic mass is 16.5. The van der Waals surface area contributed by atoms with Gasteiger partial charge in [-0.1, -0.05) is 6.92 Å². The molecule has 0 aromatic carbocycles. The van der Waals surface area contributed by atoms with Gasteiger partial charge in [-0.05, 0) is 27.4 Å². The lowest BCUT2D eigenvalue weighted by Crippen LogP contribution is -2.20. The fraction of sp³-hybridized carbons (Fsp3) is 0.692. The van der Waals surface area contributed by atoms with Gasteiger partial charge in [-0.25, -0.2) is 9.97 Å². The summed E-state index contributed by atoms with van der Waals surface area (Å²) in [5.74, 6) is 1.70. The maximum absolute atomic E-state index is 5.51. The van der Waals surface area contributed by atoms with Gasteiger partial charge in [0.05, 0.1) is 13.2 Å². The van der Waals surface area contributed by atoms with E-state index in [4.69, 9.17) is 4.74 Å². The minimum absolute atomic E-state index is 0.693. The normalized spacial score (nSPS) is 10.9. The van der Waals surface area contributed by atoms with E-state index in [0.717, 1.165) is 43.5 Å². The Kier molecular flexibility index (Phi) is 6.60. The molecule has 1 aromatic rings. The number of likely N-dealkylation sites (N-methyl/N-ethyl adjacent to an activating group) is 1. The third kappa shape index (κ3) is 5.93. The number of nitrogens with zero attached hydrogens (tertiary/aromatic N) is 3. The summed E-state index contributed by atoms with van der Waals surface area (Å²) in [5, 5.41) is 3.26. The van der Waals surface area contributed by atoms with Gasteiger partial charge in [0.1, 0.15) is 11.6 Å². The molecule has 1 aromatic heterocycles. The van der Waals surface area contributed by atoms with Gasteiger partial charge < -0.3 is 15.0 Å². The molecule has 0 spiro atoms. The number of ether oxygens (including phenoxy) is 1. The molecule has 18 heavy (non-hydrogen) atoms. The van der Waals surface area contributed by atoms with Crippen LogP contribution in [0, 0.1) is 6.92 Å². The topological polar surface area (TPSA) is 50.3 Å². The fourth-order valence-electron chi connectivity index (χ4n) is 1.50. The number of anilines is 1. The predicted octanol–water partition coefficient (Wildman–Crippen LogP) is 1.34. The molecule has 5 nitrogen and oxygen atoms in total. The first-order chi connectivity index (χ1) is 8.61. The Morgan fingerprint density at radius 2 is 2.06 bits per heavy atom. The van der Waals surface area contributed by atoms with Crippen molar-refractivity contribution >= 4 is 5.82 Å². The Labute approximate surface area is 110 Å². The van der Waals surface area contributed by atoms with Crippen molar-refractivity contribution < 1.29 is 4.74 Å². The maximum Gasteiger partial charge on any atom is 0.130 e. The Hall–Kier alpha value is -1.20. The Bertz CT molecular complexity index is 355. The van der Waals surface area contributed by atoms with Gasteiger partial charge in [0.15, 0.2) is 0 Å². The van der Waals surface area contributed by atoms with Gasteiger partial charge in [-0.3, -0.25) is 0 Å². The van der Waals surface area contributed by atoms with E-state index in [-0.39, 0.29) is 0 Å². The summed E-state index contributed by atoms with van der Waals surface area (Å²) in [4.78, 5) is 10.8. The third-order valence-corrected chi connectivity index (χ3v) is 2.49. The van der Waals surface area contributed by atoms with Crippen molar-refractivity contribution in [3.63, 3.8) is 0 Å². The van der Waals surface area contributed by atoms with Crippen LogP contribution in [0.25, 0.3) is 0 Å². The van der Waals surface area contributed by atoms with Crippen molar-refractivity contribution in [2.45, 2.75) is 20.3 Å². The third-order valence-electron chi connectivity index (χ3n) is 2.49. The van der Waals surface area contributed by atoms with Crippen LogP contribution in [0.1, 0.15) is 18.4 Å². The highest BCUT2D eigenvalue weighted by Crippen LogP contribution is 2.06. The summed E-state index contributed by atoms with van der Waals surface area (Å²) >= 11 is 0. The minimum atomic E-state index is 0.693. The van der Waals surface area contributed by atoms with Crippen LogP contribution in [0.15, 0.2) is 6.07 Å². The molecular formula is C13H24N4O. The zero-order valence-corrected chi connectivity index (χ0v) is 11.9. The summed E-state index contributed by atoms with van der Waals surface area (Å²) in [6.45, 7) is 7.18. The van der Waals surface area contributed by atoms with Crippen molar-refractivity contribution in [2.75, 3.05) is 45.7 Å². The molecule has 0 aliphatic rings. The molecule has 1 heterocycles. The monoisotopic (exact) mass is 252 g/mol. The first kappa shape index (κ1) is 14.9. The van der Waals surface area contributed by atoms with Gasteiger partial charge >= 0.3 is 0 Å². The second kappa shape index (κ2) is 8.00. The molecule has 0 amide bonds. The SMILES string of the molecule is CCc1cc(NCCOCCN(C)C)nc(C)n1. The van der Waals surface area contributed by atoms with E-state index in [2.05, 4.69) is 27.1 Å². The second-order valence-electron chi connectivity index (χ2n) is 4.49. The molecule has 0 aliphatic heterocycles. The summed E-state index contributed by atoms with van der Waals surface area (Å²) in [5.41, 5.74) is 1.07. The van der Waals surface area contributed by atoms with E-state index in [9.17, 15) is 0 Å². The molecular weight excluding hydrogens is 228 g/mol. The lowest BCUT2D eigenvalue weighted by atomic mass is 10.3. The average molecular weight is 252 g/mol. The molecule has 1 rings (SSSR count). The number of rotatable bonds is 8. The number of nitrogens with one attached hydrogen (secondary N) is 1. The Morgan fingerprint density at radius 3 is 2.72 bits per heavy atom. The molecule has 0 fully saturated rings. The Morgan fingerprint density at radius 1 is 1.28 bits per heavy atom. The predicted molar refractivity (Wildman–Crippen MR) is 74.0 cm³/mol. The van der Waals surface area contributed by atoms with Crippen molar-refractivity contribution in [3.05, 3.63) is 17.6 Å². The zero-order valence-electron chi connectivity index (χ0n) is 11.9. The van der Waals surface area contributed by atoms with Gasteiger partial charge in [0.25, 0.3) is 0 Å². The maximum atomic E-state index is 5.51. The van der Waals surface area contributed by atoms with Crippen molar-refractivity contribution in [3.8, 4) is 0 Å². The molecule has 5 heteroatoms. The summed E-state index contributed by atoms with van der Waals surface area (Å²) in [6, 6.07) is 1.99. The number of hydrogen-bond donors (Lipinski definition) is 1.